The quantitative estimate of drug-likeness (QED) is 0.873. The van der Waals surface area contributed by atoms with E-state index in [9.17, 15) is 4.39 Å². The largest absolute Gasteiger partial charge is 0.378 e. The molecule has 84 valence electrons. The Labute approximate surface area is 97.8 Å². The molecule has 0 aliphatic rings. The van der Waals surface area contributed by atoms with E-state index in [1.165, 1.54) is 18.2 Å². The van der Waals surface area contributed by atoms with Crippen LogP contribution in [0.15, 0.2) is 36.8 Å². The predicted octanol–water partition coefficient (Wildman–Crippen LogP) is 2.10. The lowest BCUT2D eigenvalue weighted by molar-refractivity contribution is 0.627. The maximum atomic E-state index is 12.9. The van der Waals surface area contributed by atoms with Crippen LogP contribution >= 0.6 is 0 Å². The van der Waals surface area contributed by atoms with Crippen molar-refractivity contribution in [3.8, 4) is 6.07 Å². The lowest BCUT2D eigenvalue weighted by atomic mass is 10.2. The van der Waals surface area contributed by atoms with E-state index in [4.69, 9.17) is 5.26 Å². The molecule has 1 aromatic heterocycles. The highest BCUT2D eigenvalue weighted by Gasteiger charge is 2.03. The maximum Gasteiger partial charge on any atom is 0.124 e. The molecular formula is C12H9FN4. The molecule has 0 amide bonds. The monoisotopic (exact) mass is 228 g/mol. The van der Waals surface area contributed by atoms with Crippen LogP contribution in [0.3, 0.4) is 0 Å². The number of benzene rings is 1. The van der Waals surface area contributed by atoms with Crippen molar-refractivity contribution in [1.29, 1.82) is 5.26 Å². The van der Waals surface area contributed by atoms with Crippen molar-refractivity contribution in [1.82, 2.24) is 9.97 Å². The molecule has 1 aromatic carbocycles. The van der Waals surface area contributed by atoms with Gasteiger partial charge in [-0.15, -0.1) is 0 Å². The molecule has 0 saturated carbocycles. The Bertz CT molecular complexity index is 548. The number of halogens is 1. The second-order valence-electron chi connectivity index (χ2n) is 3.35. The van der Waals surface area contributed by atoms with Crippen molar-refractivity contribution < 1.29 is 4.39 Å². The van der Waals surface area contributed by atoms with E-state index in [1.54, 1.807) is 18.6 Å². The predicted molar refractivity (Wildman–Crippen MR) is 60.5 cm³/mol. The zero-order chi connectivity index (χ0) is 12.1. The third-order valence-electron chi connectivity index (χ3n) is 2.18. The summed E-state index contributed by atoms with van der Waals surface area (Å²) in [6.45, 7) is 0.439. The highest BCUT2D eigenvalue weighted by Crippen LogP contribution is 2.16. The Morgan fingerprint density at radius 1 is 1.35 bits per heavy atom. The molecule has 0 aliphatic heterocycles. The number of nitrogens with zero attached hydrogens (tertiary/aromatic N) is 3. The summed E-state index contributed by atoms with van der Waals surface area (Å²) in [5.74, 6) is -0.424. The van der Waals surface area contributed by atoms with Crippen LogP contribution in [-0.2, 0) is 6.54 Å². The average molecular weight is 228 g/mol. The molecule has 0 bridgehead atoms. The van der Waals surface area contributed by atoms with Crippen LogP contribution in [0.1, 0.15) is 11.3 Å². The third-order valence-corrected chi connectivity index (χ3v) is 2.18. The average Bonchev–Trinajstić information content (AvgIpc) is 2.38. The number of hydrogen-bond acceptors (Lipinski definition) is 4. The summed E-state index contributed by atoms with van der Waals surface area (Å²) in [6, 6.07) is 5.96. The van der Waals surface area contributed by atoms with Crippen LogP contribution in [0, 0.1) is 17.1 Å². The van der Waals surface area contributed by atoms with Crippen molar-refractivity contribution in [2.45, 2.75) is 6.54 Å². The topological polar surface area (TPSA) is 61.6 Å². The summed E-state index contributed by atoms with van der Waals surface area (Å²) in [5, 5.41) is 11.9. The SMILES string of the molecule is N#Cc1cc(F)ccc1NCc1cnccn1. The van der Waals surface area contributed by atoms with E-state index >= 15 is 0 Å². The standard InChI is InChI=1S/C12H9FN4/c13-10-1-2-12(9(5-10)6-14)17-8-11-7-15-3-4-16-11/h1-5,7,17H,8H2. The zero-order valence-electron chi connectivity index (χ0n) is 8.89. The Kier molecular flexibility index (Phi) is 3.26. The molecule has 1 heterocycles. The minimum absolute atomic E-state index is 0.272. The van der Waals surface area contributed by atoms with Crippen LogP contribution < -0.4 is 5.32 Å². The van der Waals surface area contributed by atoms with Crippen LogP contribution in [-0.4, -0.2) is 9.97 Å². The van der Waals surface area contributed by atoms with E-state index in [-0.39, 0.29) is 5.56 Å². The molecule has 2 aromatic rings. The number of anilines is 1. The van der Waals surface area contributed by atoms with Crippen LogP contribution in [0.25, 0.3) is 0 Å². The van der Waals surface area contributed by atoms with Gasteiger partial charge in [0.2, 0.25) is 0 Å². The first kappa shape index (κ1) is 11.0. The van der Waals surface area contributed by atoms with Gasteiger partial charge in [0, 0.05) is 12.4 Å². The first-order valence-corrected chi connectivity index (χ1v) is 4.98. The third kappa shape index (κ3) is 2.75. The second-order valence-corrected chi connectivity index (χ2v) is 3.35. The van der Waals surface area contributed by atoms with Crippen molar-refractivity contribution >= 4 is 5.69 Å². The number of nitrogens with one attached hydrogen (secondary N) is 1. The molecular weight excluding hydrogens is 219 g/mol. The molecule has 2 rings (SSSR count). The highest BCUT2D eigenvalue weighted by atomic mass is 19.1. The first-order valence-electron chi connectivity index (χ1n) is 4.98. The second kappa shape index (κ2) is 5.03. The Hall–Kier alpha value is -2.48. The van der Waals surface area contributed by atoms with Crippen molar-refractivity contribution in [2.24, 2.45) is 0 Å². The summed E-state index contributed by atoms with van der Waals surface area (Å²) in [5.41, 5.74) is 1.61. The lowest BCUT2D eigenvalue weighted by Crippen LogP contribution is -2.03. The fourth-order valence-electron chi connectivity index (χ4n) is 1.37. The number of rotatable bonds is 3. The summed E-state index contributed by atoms with van der Waals surface area (Å²) >= 11 is 0. The molecule has 1 N–H and O–H groups in total. The molecule has 0 saturated heterocycles. The molecule has 0 spiro atoms. The lowest BCUT2D eigenvalue weighted by Gasteiger charge is -2.07. The molecule has 17 heavy (non-hydrogen) atoms. The number of hydrogen-bond donors (Lipinski definition) is 1. The number of nitriles is 1. The molecule has 4 nitrogen and oxygen atoms in total. The van der Waals surface area contributed by atoms with Gasteiger partial charge in [-0.05, 0) is 18.2 Å². The van der Waals surface area contributed by atoms with Crippen LogP contribution in [0.2, 0.25) is 0 Å². The summed E-state index contributed by atoms with van der Waals surface area (Å²) < 4.78 is 12.9. The van der Waals surface area contributed by atoms with Gasteiger partial charge in [-0.1, -0.05) is 0 Å². The van der Waals surface area contributed by atoms with E-state index < -0.39 is 5.82 Å². The molecule has 0 fully saturated rings. The highest BCUT2D eigenvalue weighted by molar-refractivity contribution is 5.57. The van der Waals surface area contributed by atoms with Crippen LogP contribution in [0.4, 0.5) is 10.1 Å². The summed E-state index contributed by atoms with van der Waals surface area (Å²) in [4.78, 5) is 8.01. The fourth-order valence-corrected chi connectivity index (χ4v) is 1.37. The Morgan fingerprint density at radius 3 is 2.94 bits per heavy atom. The Balaban J connectivity index is 2.12. The van der Waals surface area contributed by atoms with Gasteiger partial charge in [0.05, 0.1) is 29.7 Å². The van der Waals surface area contributed by atoms with Gasteiger partial charge in [-0.3, -0.25) is 9.97 Å². The van der Waals surface area contributed by atoms with E-state index in [1.807, 2.05) is 6.07 Å². The molecule has 0 unspecified atom stereocenters. The smallest absolute Gasteiger partial charge is 0.124 e. The van der Waals surface area contributed by atoms with Gasteiger partial charge >= 0.3 is 0 Å². The maximum absolute atomic E-state index is 12.9. The molecule has 0 radical (unpaired) electrons. The summed E-state index contributed by atoms with van der Waals surface area (Å²) in [6.07, 6.45) is 4.80. The van der Waals surface area contributed by atoms with Crippen LogP contribution in [0.5, 0.6) is 0 Å². The van der Waals surface area contributed by atoms with Gasteiger partial charge in [0.25, 0.3) is 0 Å². The van der Waals surface area contributed by atoms with Gasteiger partial charge in [-0.25, -0.2) is 4.39 Å². The van der Waals surface area contributed by atoms with E-state index in [0.29, 0.717) is 12.2 Å². The fraction of sp³-hybridized carbons (Fsp3) is 0.0833. The minimum atomic E-state index is -0.424. The normalized spacial score (nSPS) is 9.65. The van der Waals surface area contributed by atoms with Gasteiger partial charge in [0.1, 0.15) is 11.9 Å². The Morgan fingerprint density at radius 2 is 2.24 bits per heavy atom. The van der Waals surface area contributed by atoms with Crippen molar-refractivity contribution in [3.05, 3.63) is 53.9 Å². The van der Waals surface area contributed by atoms with Gasteiger partial charge in [0.15, 0.2) is 0 Å². The molecule has 5 heteroatoms. The minimum Gasteiger partial charge on any atom is -0.378 e. The zero-order valence-corrected chi connectivity index (χ0v) is 8.89. The van der Waals surface area contributed by atoms with Crippen molar-refractivity contribution in [2.75, 3.05) is 5.32 Å². The van der Waals surface area contributed by atoms with E-state index in [0.717, 1.165) is 5.69 Å². The van der Waals surface area contributed by atoms with Crippen molar-refractivity contribution in [3.63, 3.8) is 0 Å². The first-order chi connectivity index (χ1) is 8.29. The summed E-state index contributed by atoms with van der Waals surface area (Å²) in [7, 11) is 0. The molecule has 0 aliphatic carbocycles. The van der Waals surface area contributed by atoms with Gasteiger partial charge < -0.3 is 5.32 Å². The van der Waals surface area contributed by atoms with Gasteiger partial charge in [-0.2, -0.15) is 5.26 Å². The molecule has 0 atom stereocenters. The number of aromatic nitrogens is 2. The van der Waals surface area contributed by atoms with E-state index in [2.05, 4.69) is 15.3 Å².